The van der Waals surface area contributed by atoms with Gasteiger partial charge in [-0.2, -0.15) is 0 Å². The van der Waals surface area contributed by atoms with Crippen LogP contribution in [0.4, 0.5) is 0 Å². The zero-order valence-corrected chi connectivity index (χ0v) is 17.0. The van der Waals surface area contributed by atoms with E-state index in [0.717, 1.165) is 11.4 Å². The van der Waals surface area contributed by atoms with Gasteiger partial charge in [0.2, 0.25) is 0 Å². The molecule has 0 bridgehead atoms. The summed E-state index contributed by atoms with van der Waals surface area (Å²) in [5, 5.41) is 0. The van der Waals surface area contributed by atoms with Crippen LogP contribution in [-0.4, -0.2) is 16.4 Å². The molecule has 7 nitrogen and oxygen atoms in total. The fourth-order valence-electron chi connectivity index (χ4n) is 3.29. The van der Waals surface area contributed by atoms with E-state index < -0.39 is 5.91 Å². The topological polar surface area (TPSA) is 85.5 Å². The monoisotopic (exact) mass is 395 g/mol. The van der Waals surface area contributed by atoms with Gasteiger partial charge < -0.3 is 13.7 Å². The second-order valence-electron chi connectivity index (χ2n) is 7.02. The number of ether oxygens (including phenoxy) is 1. The van der Waals surface area contributed by atoms with Crippen LogP contribution in [0.5, 0.6) is 5.75 Å². The summed E-state index contributed by atoms with van der Waals surface area (Å²) in [6.07, 6.45) is 0. The molecule has 2 heterocycles. The highest BCUT2D eigenvalue weighted by Gasteiger charge is 2.18. The molecule has 0 radical (unpaired) electrons. The lowest BCUT2D eigenvalue weighted by Crippen LogP contribution is -2.41. The third kappa shape index (κ3) is 4.68. The third-order valence-corrected chi connectivity index (χ3v) is 4.54. The van der Waals surface area contributed by atoms with Gasteiger partial charge in [0.15, 0.2) is 5.76 Å². The Bertz CT molecular complexity index is 1000. The highest BCUT2D eigenvalue weighted by molar-refractivity contribution is 5.98. The van der Waals surface area contributed by atoms with Crippen molar-refractivity contribution >= 4 is 11.8 Å². The van der Waals surface area contributed by atoms with Crippen molar-refractivity contribution < 1.29 is 18.7 Å². The summed E-state index contributed by atoms with van der Waals surface area (Å²) in [7, 11) is 0. The number of nitrogens with one attached hydrogen (secondary N) is 2. The number of nitrogens with zero attached hydrogens (tertiary/aromatic N) is 1. The van der Waals surface area contributed by atoms with Crippen LogP contribution < -0.4 is 15.6 Å². The van der Waals surface area contributed by atoms with E-state index in [1.807, 2.05) is 50.2 Å². The molecule has 3 rings (SSSR count). The van der Waals surface area contributed by atoms with Gasteiger partial charge >= 0.3 is 5.91 Å². The summed E-state index contributed by atoms with van der Waals surface area (Å²) < 4.78 is 13.2. The van der Waals surface area contributed by atoms with E-state index in [2.05, 4.69) is 29.3 Å². The lowest BCUT2D eigenvalue weighted by molar-refractivity contribution is 0.0828. The maximum atomic E-state index is 12.5. The number of amides is 2. The largest absolute Gasteiger partial charge is 0.486 e. The van der Waals surface area contributed by atoms with Crippen LogP contribution in [0.3, 0.4) is 0 Å². The number of hydrazine groups is 1. The van der Waals surface area contributed by atoms with Gasteiger partial charge in [-0.15, -0.1) is 0 Å². The zero-order chi connectivity index (χ0) is 21.0. The Kier molecular flexibility index (Phi) is 6.07. The predicted molar refractivity (Wildman–Crippen MR) is 109 cm³/mol. The predicted octanol–water partition coefficient (Wildman–Crippen LogP) is 3.93. The molecule has 0 spiro atoms. The van der Waals surface area contributed by atoms with Crippen LogP contribution in [0, 0.1) is 13.8 Å². The minimum atomic E-state index is -0.540. The lowest BCUT2D eigenvalue weighted by Gasteiger charge is -2.13. The van der Waals surface area contributed by atoms with E-state index in [-0.39, 0.29) is 24.3 Å². The van der Waals surface area contributed by atoms with E-state index in [0.29, 0.717) is 17.1 Å². The van der Waals surface area contributed by atoms with Crippen LogP contribution in [0.2, 0.25) is 0 Å². The smallest absolute Gasteiger partial charge is 0.305 e. The van der Waals surface area contributed by atoms with Crippen molar-refractivity contribution in [2.45, 2.75) is 40.3 Å². The van der Waals surface area contributed by atoms with E-state index in [1.165, 1.54) is 6.07 Å². The molecule has 0 saturated heterocycles. The first-order chi connectivity index (χ1) is 13.9. The zero-order valence-electron chi connectivity index (χ0n) is 17.0. The Morgan fingerprint density at radius 3 is 2.38 bits per heavy atom. The Balaban J connectivity index is 1.56. The van der Waals surface area contributed by atoms with Crippen molar-refractivity contribution in [3.05, 3.63) is 77.0 Å². The summed E-state index contributed by atoms with van der Waals surface area (Å²) in [6, 6.07) is 14.6. The SMILES string of the molecule is Cc1cc(C(=O)NNC(=O)c2ccc(COc3ccccc3)o2)c(C)n1C(C)C. The number of rotatable bonds is 6. The van der Waals surface area contributed by atoms with Gasteiger partial charge in [0.1, 0.15) is 18.1 Å². The molecule has 0 aliphatic heterocycles. The van der Waals surface area contributed by atoms with Crippen LogP contribution in [-0.2, 0) is 6.61 Å². The maximum Gasteiger partial charge on any atom is 0.305 e. The van der Waals surface area contributed by atoms with E-state index in [4.69, 9.17) is 9.15 Å². The Morgan fingerprint density at radius 1 is 1.03 bits per heavy atom. The number of furan rings is 1. The maximum absolute atomic E-state index is 12.5. The standard InChI is InChI=1S/C22H25N3O4/c1-14(2)25-15(3)12-19(16(25)4)21(26)23-24-22(27)20-11-10-18(29-20)13-28-17-8-6-5-7-9-17/h5-12,14H,13H2,1-4H3,(H,23,26)(H,24,27). The summed E-state index contributed by atoms with van der Waals surface area (Å²) >= 11 is 0. The van der Waals surface area contributed by atoms with E-state index in [9.17, 15) is 9.59 Å². The van der Waals surface area contributed by atoms with Gasteiger partial charge in [-0.05, 0) is 58.0 Å². The van der Waals surface area contributed by atoms with Crippen LogP contribution in [0.1, 0.15) is 58.0 Å². The van der Waals surface area contributed by atoms with Gasteiger partial charge in [0.25, 0.3) is 5.91 Å². The number of carbonyl (C=O) groups is 2. The highest BCUT2D eigenvalue weighted by atomic mass is 16.5. The van der Waals surface area contributed by atoms with Crippen molar-refractivity contribution in [1.82, 2.24) is 15.4 Å². The molecule has 7 heteroatoms. The third-order valence-electron chi connectivity index (χ3n) is 4.54. The molecular formula is C22H25N3O4. The summed E-state index contributed by atoms with van der Waals surface area (Å²) in [5.74, 6) is 0.385. The van der Waals surface area contributed by atoms with Gasteiger partial charge in [-0.3, -0.25) is 20.4 Å². The van der Waals surface area contributed by atoms with E-state index in [1.54, 1.807) is 6.07 Å². The molecular weight excluding hydrogens is 370 g/mol. The average Bonchev–Trinajstić information content (AvgIpc) is 3.29. The molecule has 0 unspecified atom stereocenters. The van der Waals surface area contributed by atoms with Crippen molar-refractivity contribution in [3.63, 3.8) is 0 Å². The molecule has 2 amide bonds. The lowest BCUT2D eigenvalue weighted by atomic mass is 10.2. The van der Waals surface area contributed by atoms with Gasteiger partial charge in [-0.25, -0.2) is 0 Å². The number of para-hydroxylation sites is 1. The number of hydrogen-bond donors (Lipinski definition) is 2. The minimum Gasteiger partial charge on any atom is -0.486 e. The summed E-state index contributed by atoms with van der Waals surface area (Å²) in [4.78, 5) is 24.7. The molecule has 0 aliphatic carbocycles. The van der Waals surface area contributed by atoms with Crippen molar-refractivity contribution in [3.8, 4) is 5.75 Å². The number of aryl methyl sites for hydroxylation is 1. The number of benzene rings is 1. The molecule has 1 aromatic carbocycles. The Hall–Kier alpha value is -3.48. The molecule has 2 aromatic heterocycles. The molecule has 0 aliphatic rings. The van der Waals surface area contributed by atoms with E-state index >= 15 is 0 Å². The molecule has 0 saturated carbocycles. The molecule has 29 heavy (non-hydrogen) atoms. The average molecular weight is 395 g/mol. The number of hydrogen-bond acceptors (Lipinski definition) is 4. The van der Waals surface area contributed by atoms with Gasteiger partial charge in [0.05, 0.1) is 5.56 Å². The summed E-state index contributed by atoms with van der Waals surface area (Å²) in [5.41, 5.74) is 7.19. The Morgan fingerprint density at radius 2 is 1.72 bits per heavy atom. The molecule has 0 atom stereocenters. The second-order valence-corrected chi connectivity index (χ2v) is 7.02. The molecule has 152 valence electrons. The number of aromatic nitrogens is 1. The quantitative estimate of drug-likeness (QED) is 0.619. The normalized spacial score (nSPS) is 10.8. The van der Waals surface area contributed by atoms with Crippen molar-refractivity contribution in [2.24, 2.45) is 0 Å². The van der Waals surface area contributed by atoms with Crippen molar-refractivity contribution in [2.75, 3.05) is 0 Å². The molecule has 3 aromatic rings. The molecule has 2 N–H and O–H groups in total. The molecule has 0 fully saturated rings. The summed E-state index contributed by atoms with van der Waals surface area (Å²) in [6.45, 7) is 8.14. The number of carbonyl (C=O) groups excluding carboxylic acids is 2. The van der Waals surface area contributed by atoms with Gasteiger partial charge in [0, 0.05) is 17.4 Å². The van der Waals surface area contributed by atoms with Gasteiger partial charge in [-0.1, -0.05) is 18.2 Å². The van der Waals surface area contributed by atoms with Crippen LogP contribution in [0.15, 0.2) is 52.9 Å². The van der Waals surface area contributed by atoms with Crippen molar-refractivity contribution in [1.29, 1.82) is 0 Å². The fraction of sp³-hybridized carbons (Fsp3) is 0.273. The van der Waals surface area contributed by atoms with Crippen LogP contribution in [0.25, 0.3) is 0 Å². The first kappa shape index (κ1) is 20.3. The minimum absolute atomic E-state index is 0.0876. The van der Waals surface area contributed by atoms with Crippen LogP contribution >= 0.6 is 0 Å². The first-order valence-electron chi connectivity index (χ1n) is 9.42. The highest BCUT2D eigenvalue weighted by Crippen LogP contribution is 2.20. The Labute approximate surface area is 169 Å². The second kappa shape index (κ2) is 8.68. The first-order valence-corrected chi connectivity index (χ1v) is 9.42. The fourth-order valence-corrected chi connectivity index (χ4v) is 3.29.